The SMILES string of the molecule is Cc1cccc2cc(OC(=O)C(F)(F)F)c(O[C@H]3CN(C(=O)c4cccn5ccnc45)CCC3(F)F)nc12. The minimum Gasteiger partial charge on any atom is -0.463 e. The predicted molar refractivity (Wildman–Crippen MR) is 123 cm³/mol. The molecule has 1 aliphatic heterocycles. The molecule has 0 unspecified atom stereocenters. The lowest BCUT2D eigenvalue weighted by molar-refractivity contribution is -0.190. The Balaban J connectivity index is 1.49. The zero-order valence-electron chi connectivity index (χ0n) is 19.7. The van der Waals surface area contributed by atoms with Gasteiger partial charge in [0.05, 0.1) is 17.6 Å². The molecule has 38 heavy (non-hydrogen) atoms. The van der Waals surface area contributed by atoms with Crippen molar-refractivity contribution in [3.05, 3.63) is 66.1 Å². The second kappa shape index (κ2) is 9.23. The van der Waals surface area contributed by atoms with E-state index in [4.69, 9.17) is 4.74 Å². The number of alkyl halides is 5. The van der Waals surface area contributed by atoms with Gasteiger partial charge in [0.2, 0.25) is 0 Å². The minimum absolute atomic E-state index is 0.181. The number of benzene rings is 1. The van der Waals surface area contributed by atoms with Gasteiger partial charge in [-0.15, -0.1) is 0 Å². The number of esters is 1. The van der Waals surface area contributed by atoms with Crippen molar-refractivity contribution in [1.82, 2.24) is 19.3 Å². The van der Waals surface area contributed by atoms with Crippen LogP contribution in [-0.2, 0) is 4.79 Å². The summed E-state index contributed by atoms with van der Waals surface area (Å²) in [5.74, 6) is -8.09. The third kappa shape index (κ3) is 4.71. The Kier molecular flexibility index (Phi) is 6.16. The van der Waals surface area contributed by atoms with E-state index in [9.17, 15) is 31.5 Å². The van der Waals surface area contributed by atoms with Gasteiger partial charge in [-0.05, 0) is 30.7 Å². The fourth-order valence-corrected chi connectivity index (χ4v) is 4.22. The molecule has 4 aromatic rings. The highest BCUT2D eigenvalue weighted by Crippen LogP contribution is 2.37. The second-order valence-corrected chi connectivity index (χ2v) is 8.77. The molecule has 5 rings (SSSR count). The molecule has 0 N–H and O–H groups in total. The number of imidazole rings is 1. The van der Waals surface area contributed by atoms with Gasteiger partial charge in [-0.25, -0.2) is 23.5 Å². The van der Waals surface area contributed by atoms with E-state index in [0.717, 1.165) is 11.0 Å². The van der Waals surface area contributed by atoms with Gasteiger partial charge in [-0.1, -0.05) is 18.2 Å². The first-order chi connectivity index (χ1) is 17.9. The Morgan fingerprint density at radius 2 is 1.92 bits per heavy atom. The van der Waals surface area contributed by atoms with E-state index in [0.29, 0.717) is 16.6 Å². The topological polar surface area (TPSA) is 86.0 Å². The summed E-state index contributed by atoms with van der Waals surface area (Å²) in [6.45, 7) is 0.758. The number of rotatable bonds is 4. The Labute approximate surface area is 211 Å². The van der Waals surface area contributed by atoms with Crippen LogP contribution in [0.4, 0.5) is 22.0 Å². The summed E-state index contributed by atoms with van der Waals surface area (Å²) in [6, 6.07) is 8.96. The normalized spacial score (nSPS) is 17.5. The summed E-state index contributed by atoms with van der Waals surface area (Å²) in [5.41, 5.74) is 1.36. The number of nitrogens with zero attached hydrogens (tertiary/aromatic N) is 4. The number of piperidine rings is 1. The highest BCUT2D eigenvalue weighted by molar-refractivity contribution is 5.99. The van der Waals surface area contributed by atoms with Crippen LogP contribution in [0.3, 0.4) is 0 Å². The number of aryl methyl sites for hydroxylation is 1. The van der Waals surface area contributed by atoms with E-state index < -0.39 is 54.7 Å². The maximum absolute atomic E-state index is 15.0. The lowest BCUT2D eigenvalue weighted by Gasteiger charge is -2.38. The van der Waals surface area contributed by atoms with Crippen LogP contribution >= 0.6 is 0 Å². The van der Waals surface area contributed by atoms with Crippen LogP contribution < -0.4 is 9.47 Å². The molecular formula is C25H19F5N4O4. The van der Waals surface area contributed by atoms with E-state index in [1.807, 2.05) is 0 Å². The first-order valence-electron chi connectivity index (χ1n) is 11.4. The van der Waals surface area contributed by atoms with E-state index in [1.165, 1.54) is 18.3 Å². The number of amides is 1. The third-order valence-electron chi connectivity index (χ3n) is 6.18. The number of ether oxygens (including phenoxy) is 2. The molecule has 13 heteroatoms. The first kappa shape index (κ1) is 25.4. The quantitative estimate of drug-likeness (QED) is 0.281. The Morgan fingerprint density at radius 1 is 1.13 bits per heavy atom. The number of hydrogen-bond donors (Lipinski definition) is 0. The number of aromatic nitrogens is 3. The number of fused-ring (bicyclic) bond motifs is 2. The Bertz CT molecular complexity index is 1550. The summed E-state index contributed by atoms with van der Waals surface area (Å²) in [7, 11) is 0. The van der Waals surface area contributed by atoms with Crippen LogP contribution in [0.15, 0.2) is 55.0 Å². The molecule has 1 atom stereocenters. The lowest BCUT2D eigenvalue weighted by Crippen LogP contribution is -2.55. The van der Waals surface area contributed by atoms with Gasteiger partial charge in [0, 0.05) is 36.9 Å². The number of carbonyl (C=O) groups excluding carboxylic acids is 2. The van der Waals surface area contributed by atoms with Crippen LogP contribution in [0.1, 0.15) is 22.3 Å². The van der Waals surface area contributed by atoms with Crippen molar-refractivity contribution >= 4 is 28.4 Å². The van der Waals surface area contributed by atoms with Crippen LogP contribution in [0.25, 0.3) is 16.6 Å². The van der Waals surface area contributed by atoms with Gasteiger partial charge in [0.25, 0.3) is 17.7 Å². The number of hydrogen-bond acceptors (Lipinski definition) is 6. The fourth-order valence-electron chi connectivity index (χ4n) is 4.22. The number of para-hydroxylation sites is 1. The van der Waals surface area contributed by atoms with Crippen molar-refractivity contribution in [3.63, 3.8) is 0 Å². The summed E-state index contributed by atoms with van der Waals surface area (Å²) in [6.07, 6.45) is -3.32. The average molecular weight is 534 g/mol. The minimum atomic E-state index is -5.34. The molecule has 1 aromatic carbocycles. The smallest absolute Gasteiger partial charge is 0.463 e. The van der Waals surface area contributed by atoms with Gasteiger partial charge in [0.1, 0.15) is 5.65 Å². The molecule has 4 heterocycles. The number of likely N-dealkylation sites (tertiary alicyclic amines) is 1. The molecule has 1 saturated heterocycles. The summed E-state index contributed by atoms with van der Waals surface area (Å²) in [5, 5.41) is 0.308. The van der Waals surface area contributed by atoms with Crippen LogP contribution in [-0.4, -0.2) is 62.4 Å². The van der Waals surface area contributed by atoms with Crippen LogP contribution in [0.5, 0.6) is 11.6 Å². The zero-order chi connectivity index (χ0) is 27.2. The molecule has 3 aromatic heterocycles. The lowest BCUT2D eigenvalue weighted by atomic mass is 10.0. The fraction of sp³-hybridized carbons (Fsp3) is 0.280. The molecule has 0 aliphatic carbocycles. The van der Waals surface area contributed by atoms with Crippen molar-refractivity contribution in [2.45, 2.75) is 31.5 Å². The van der Waals surface area contributed by atoms with Gasteiger partial charge in [-0.2, -0.15) is 13.2 Å². The number of pyridine rings is 2. The monoisotopic (exact) mass is 534 g/mol. The van der Waals surface area contributed by atoms with Gasteiger partial charge in [-0.3, -0.25) is 4.79 Å². The molecule has 8 nitrogen and oxygen atoms in total. The van der Waals surface area contributed by atoms with Crippen LogP contribution in [0, 0.1) is 6.92 Å². The third-order valence-corrected chi connectivity index (χ3v) is 6.18. The first-order valence-corrected chi connectivity index (χ1v) is 11.4. The predicted octanol–water partition coefficient (Wildman–Crippen LogP) is 4.59. The zero-order valence-corrected chi connectivity index (χ0v) is 19.7. The molecule has 0 saturated carbocycles. The van der Waals surface area contributed by atoms with Crippen molar-refractivity contribution in [2.75, 3.05) is 13.1 Å². The maximum Gasteiger partial charge on any atom is 0.491 e. The maximum atomic E-state index is 15.0. The van der Waals surface area contributed by atoms with E-state index >= 15 is 0 Å². The van der Waals surface area contributed by atoms with Crippen molar-refractivity contribution in [1.29, 1.82) is 0 Å². The Morgan fingerprint density at radius 3 is 2.68 bits per heavy atom. The van der Waals surface area contributed by atoms with Gasteiger partial charge >= 0.3 is 12.1 Å². The highest BCUT2D eigenvalue weighted by atomic mass is 19.4. The second-order valence-electron chi connectivity index (χ2n) is 8.77. The molecule has 0 bridgehead atoms. The molecule has 0 radical (unpaired) electrons. The summed E-state index contributed by atoms with van der Waals surface area (Å²) < 4.78 is 80.2. The van der Waals surface area contributed by atoms with E-state index in [2.05, 4.69) is 14.7 Å². The molecule has 1 fully saturated rings. The van der Waals surface area contributed by atoms with Crippen molar-refractivity contribution < 1.29 is 41.0 Å². The standard InChI is InChI=1S/C25H19F5N4O4/c1-14-4-2-5-15-12-17(37-23(36)25(28,29)30)21(32-19(14)15)38-18-13-34(10-7-24(18,26)27)22(35)16-6-3-9-33-11-8-31-20(16)33/h2-6,8-9,11-12,18H,7,10,13H2,1H3/t18-/m0/s1. The van der Waals surface area contributed by atoms with Gasteiger partial charge < -0.3 is 18.8 Å². The van der Waals surface area contributed by atoms with Crippen molar-refractivity contribution in [2.24, 2.45) is 0 Å². The largest absolute Gasteiger partial charge is 0.491 e. The van der Waals surface area contributed by atoms with Gasteiger partial charge in [0.15, 0.2) is 11.9 Å². The van der Waals surface area contributed by atoms with Crippen LogP contribution in [0.2, 0.25) is 0 Å². The molecule has 0 spiro atoms. The summed E-state index contributed by atoms with van der Waals surface area (Å²) >= 11 is 0. The molecule has 198 valence electrons. The van der Waals surface area contributed by atoms with E-state index in [1.54, 1.807) is 41.9 Å². The Hall–Kier alpha value is -4.29. The molecule has 1 amide bonds. The number of halogens is 5. The molecule has 1 aliphatic rings. The number of carbonyl (C=O) groups is 2. The summed E-state index contributed by atoms with van der Waals surface area (Å²) in [4.78, 5) is 34.2. The van der Waals surface area contributed by atoms with Crippen molar-refractivity contribution in [3.8, 4) is 11.6 Å². The van der Waals surface area contributed by atoms with E-state index in [-0.39, 0.29) is 17.6 Å². The highest BCUT2D eigenvalue weighted by Gasteiger charge is 2.48. The average Bonchev–Trinajstić information content (AvgIpc) is 3.34. The molecular weight excluding hydrogens is 515 g/mol.